The fourth-order valence-corrected chi connectivity index (χ4v) is 4.71. The molecular weight excluding hydrogens is 260 g/mol. The summed E-state index contributed by atoms with van der Waals surface area (Å²) in [7, 11) is 0. The number of hydrogen-bond acceptors (Lipinski definition) is 3. The van der Waals surface area contributed by atoms with Crippen LogP contribution in [0.4, 0.5) is 4.79 Å². The molecule has 108 valence electrons. The van der Waals surface area contributed by atoms with E-state index in [1.54, 1.807) is 0 Å². The molecule has 0 aromatic carbocycles. The van der Waals surface area contributed by atoms with Crippen LogP contribution in [0.5, 0.6) is 0 Å². The molecule has 0 unspecified atom stereocenters. The molecule has 0 aromatic rings. The van der Waals surface area contributed by atoms with E-state index in [9.17, 15) is 4.79 Å². The topological polar surface area (TPSA) is 41.6 Å². The second-order valence-electron chi connectivity index (χ2n) is 6.45. The lowest BCUT2D eigenvalue weighted by Crippen LogP contribution is -2.71. The Balaban J connectivity index is 1.61. The lowest BCUT2D eigenvalue weighted by Gasteiger charge is -2.60. The van der Waals surface area contributed by atoms with Gasteiger partial charge in [0.05, 0.1) is 6.10 Å². The molecule has 3 atom stereocenters. The molecule has 4 nitrogen and oxygen atoms in total. The number of carbonyl (C=O) groups excluding carboxylic acids is 1. The molecule has 2 saturated heterocycles. The number of nitrogens with zero attached hydrogens (tertiary/aromatic N) is 1. The zero-order valence-electron chi connectivity index (χ0n) is 11.9. The highest BCUT2D eigenvalue weighted by molar-refractivity contribution is 7.99. The van der Waals surface area contributed by atoms with Crippen molar-refractivity contribution in [3.63, 3.8) is 0 Å². The van der Waals surface area contributed by atoms with Gasteiger partial charge >= 0.3 is 6.03 Å². The van der Waals surface area contributed by atoms with Crippen LogP contribution >= 0.6 is 11.8 Å². The summed E-state index contributed by atoms with van der Waals surface area (Å²) in [4.78, 5) is 14.3. The zero-order chi connectivity index (χ0) is 13.5. The van der Waals surface area contributed by atoms with Crippen LogP contribution in [-0.4, -0.2) is 54.3 Å². The highest BCUT2D eigenvalue weighted by Crippen LogP contribution is 2.51. The van der Waals surface area contributed by atoms with Gasteiger partial charge in [-0.1, -0.05) is 13.8 Å². The van der Waals surface area contributed by atoms with Crippen LogP contribution in [0.2, 0.25) is 0 Å². The number of amides is 2. The predicted octanol–water partition coefficient (Wildman–Crippen LogP) is 1.95. The number of thioether (sulfide) groups is 1. The number of carbonyl (C=O) groups is 1. The summed E-state index contributed by atoms with van der Waals surface area (Å²) in [6, 6.07) is 0.405. The van der Waals surface area contributed by atoms with Crippen molar-refractivity contribution in [3.8, 4) is 0 Å². The molecule has 2 heterocycles. The summed E-state index contributed by atoms with van der Waals surface area (Å²) in [5, 5.41) is 3.27. The van der Waals surface area contributed by atoms with Crippen molar-refractivity contribution in [2.75, 3.05) is 31.2 Å². The lowest BCUT2D eigenvalue weighted by atomic mass is 9.55. The van der Waals surface area contributed by atoms with Crippen molar-refractivity contribution in [2.45, 2.75) is 38.8 Å². The minimum absolute atomic E-state index is 0.0747. The van der Waals surface area contributed by atoms with Crippen LogP contribution in [0.15, 0.2) is 0 Å². The summed E-state index contributed by atoms with van der Waals surface area (Å²) in [6.45, 7) is 7.09. The van der Waals surface area contributed by atoms with Crippen LogP contribution in [0.1, 0.15) is 26.7 Å². The minimum Gasteiger partial charge on any atom is -0.377 e. The van der Waals surface area contributed by atoms with E-state index in [4.69, 9.17) is 4.74 Å². The molecule has 2 aliphatic heterocycles. The fourth-order valence-electron chi connectivity index (χ4n) is 3.81. The van der Waals surface area contributed by atoms with Gasteiger partial charge < -0.3 is 15.0 Å². The van der Waals surface area contributed by atoms with Gasteiger partial charge in [0, 0.05) is 48.6 Å². The number of nitrogens with one attached hydrogen (secondary N) is 1. The van der Waals surface area contributed by atoms with E-state index in [-0.39, 0.29) is 17.5 Å². The molecule has 0 aromatic heterocycles. The molecule has 2 amide bonds. The Bertz CT molecular complexity index is 355. The molecule has 0 bridgehead atoms. The third-order valence-corrected chi connectivity index (χ3v) is 5.85. The van der Waals surface area contributed by atoms with Gasteiger partial charge in [-0.3, -0.25) is 0 Å². The van der Waals surface area contributed by atoms with Crippen molar-refractivity contribution in [3.05, 3.63) is 0 Å². The lowest BCUT2D eigenvalue weighted by molar-refractivity contribution is -0.189. The second kappa shape index (κ2) is 5.17. The summed E-state index contributed by atoms with van der Waals surface area (Å²) in [6.07, 6.45) is 2.65. The molecule has 3 aliphatic rings. The maximum absolute atomic E-state index is 12.3. The smallest absolute Gasteiger partial charge is 0.317 e. The van der Waals surface area contributed by atoms with Gasteiger partial charge in [0.2, 0.25) is 0 Å². The maximum atomic E-state index is 12.3. The first-order valence-corrected chi connectivity index (χ1v) is 8.51. The number of ether oxygens (including phenoxy) is 1. The molecular formula is C14H24N2O2S. The van der Waals surface area contributed by atoms with E-state index in [1.165, 1.54) is 6.42 Å². The van der Waals surface area contributed by atoms with Crippen LogP contribution < -0.4 is 5.32 Å². The number of rotatable bonds is 1. The van der Waals surface area contributed by atoms with E-state index in [0.717, 1.165) is 37.6 Å². The standard InChI is InChI=1S/C14H24N2O2S/c1-14(2)11(10-4-3-7-18-12(10)14)15-13(17)16-5-8-19-9-6-16/h10-12H,3-9H2,1-2H3,(H,15,17)/t10-,11-,12-/m1/s1. The summed E-state index contributed by atoms with van der Waals surface area (Å²) in [5.41, 5.74) is 0.0747. The van der Waals surface area contributed by atoms with Crippen LogP contribution in [0.25, 0.3) is 0 Å². The summed E-state index contributed by atoms with van der Waals surface area (Å²) < 4.78 is 5.88. The van der Waals surface area contributed by atoms with Crippen LogP contribution in [-0.2, 0) is 4.74 Å². The fraction of sp³-hybridized carbons (Fsp3) is 0.929. The van der Waals surface area contributed by atoms with Crippen LogP contribution in [0, 0.1) is 11.3 Å². The van der Waals surface area contributed by atoms with E-state index in [0.29, 0.717) is 12.0 Å². The van der Waals surface area contributed by atoms with Crippen LogP contribution in [0.3, 0.4) is 0 Å². The van der Waals surface area contributed by atoms with E-state index >= 15 is 0 Å². The Kier molecular flexibility index (Phi) is 3.69. The molecule has 0 radical (unpaired) electrons. The van der Waals surface area contributed by atoms with Gasteiger partial charge in [-0.05, 0) is 12.8 Å². The van der Waals surface area contributed by atoms with Gasteiger partial charge in [0.1, 0.15) is 0 Å². The quantitative estimate of drug-likeness (QED) is 0.800. The van der Waals surface area contributed by atoms with E-state index < -0.39 is 0 Å². The van der Waals surface area contributed by atoms with Gasteiger partial charge in [-0.2, -0.15) is 11.8 Å². The van der Waals surface area contributed by atoms with Crippen molar-refractivity contribution < 1.29 is 9.53 Å². The third kappa shape index (κ3) is 2.35. The molecule has 1 N–H and O–H groups in total. The Morgan fingerprint density at radius 3 is 2.84 bits per heavy atom. The van der Waals surface area contributed by atoms with Gasteiger partial charge in [0.25, 0.3) is 0 Å². The molecule has 3 rings (SSSR count). The third-order valence-electron chi connectivity index (χ3n) is 4.91. The molecule has 5 heteroatoms. The SMILES string of the molecule is CC1(C)[C@H](NC(=O)N2CCSCC2)[C@H]2CCCO[C@H]21. The highest BCUT2D eigenvalue weighted by atomic mass is 32.2. The monoisotopic (exact) mass is 284 g/mol. The Hall–Kier alpha value is -0.420. The maximum Gasteiger partial charge on any atom is 0.317 e. The number of hydrogen-bond donors (Lipinski definition) is 1. The molecule has 19 heavy (non-hydrogen) atoms. The summed E-state index contributed by atoms with van der Waals surface area (Å²) >= 11 is 1.93. The van der Waals surface area contributed by atoms with Crippen molar-refractivity contribution in [2.24, 2.45) is 11.3 Å². The van der Waals surface area contributed by atoms with Crippen molar-refractivity contribution >= 4 is 17.8 Å². The average Bonchev–Trinajstić information content (AvgIpc) is 2.45. The summed E-state index contributed by atoms with van der Waals surface area (Å²) in [5.74, 6) is 2.65. The first-order chi connectivity index (χ1) is 9.10. The first kappa shape index (κ1) is 13.6. The van der Waals surface area contributed by atoms with Crippen molar-refractivity contribution in [1.82, 2.24) is 10.2 Å². The second-order valence-corrected chi connectivity index (χ2v) is 7.67. The molecule has 1 aliphatic carbocycles. The van der Waals surface area contributed by atoms with E-state index in [2.05, 4.69) is 19.2 Å². The van der Waals surface area contributed by atoms with Gasteiger partial charge in [-0.25, -0.2) is 4.79 Å². The van der Waals surface area contributed by atoms with Gasteiger partial charge in [0.15, 0.2) is 0 Å². The Morgan fingerprint density at radius 1 is 1.37 bits per heavy atom. The molecule has 3 fully saturated rings. The largest absolute Gasteiger partial charge is 0.377 e. The highest BCUT2D eigenvalue weighted by Gasteiger charge is 2.58. The molecule has 1 saturated carbocycles. The van der Waals surface area contributed by atoms with E-state index in [1.807, 2.05) is 16.7 Å². The van der Waals surface area contributed by atoms with Crippen molar-refractivity contribution in [1.29, 1.82) is 0 Å². The van der Waals surface area contributed by atoms with Gasteiger partial charge in [-0.15, -0.1) is 0 Å². The normalized spacial score (nSPS) is 37.2. The molecule has 0 spiro atoms. The Labute approximate surface area is 119 Å². The average molecular weight is 284 g/mol. The zero-order valence-corrected chi connectivity index (χ0v) is 12.7. The predicted molar refractivity (Wildman–Crippen MR) is 77.5 cm³/mol. The number of fused-ring (bicyclic) bond motifs is 1. The first-order valence-electron chi connectivity index (χ1n) is 7.35. The number of urea groups is 1. The minimum atomic E-state index is 0.0747. The Morgan fingerprint density at radius 2 is 2.11 bits per heavy atom.